The predicted octanol–water partition coefficient (Wildman–Crippen LogP) is 5.71. The SMILES string of the molecule is C=C(Nc1ncc(-c2cccc3ccccc23)[nH]1)C1(NC=O)CC2([N+](=O)[O-])c3ccccc3C1c1ccccc12. The van der Waals surface area contributed by atoms with Gasteiger partial charge in [0.15, 0.2) is 0 Å². The van der Waals surface area contributed by atoms with E-state index < -0.39 is 11.1 Å². The summed E-state index contributed by atoms with van der Waals surface area (Å²) in [5, 5.41) is 21.5. The van der Waals surface area contributed by atoms with Gasteiger partial charge in [0.1, 0.15) is 0 Å². The fourth-order valence-electron chi connectivity index (χ4n) is 6.90. The second-order valence-corrected chi connectivity index (χ2v) is 10.4. The van der Waals surface area contributed by atoms with Gasteiger partial charge in [-0.2, -0.15) is 0 Å². The molecule has 3 aliphatic rings. The van der Waals surface area contributed by atoms with Gasteiger partial charge in [-0.05, 0) is 21.9 Å². The fraction of sp³-hybridized carbons (Fsp3) is 0.125. The number of nitrogens with zero attached hydrogens (tertiary/aromatic N) is 2. The molecule has 196 valence electrons. The first kappa shape index (κ1) is 23.8. The van der Waals surface area contributed by atoms with E-state index >= 15 is 0 Å². The Balaban J connectivity index is 1.33. The van der Waals surface area contributed by atoms with Gasteiger partial charge in [-0.1, -0.05) is 97.6 Å². The van der Waals surface area contributed by atoms with Crippen molar-refractivity contribution in [2.45, 2.75) is 23.4 Å². The van der Waals surface area contributed by atoms with Gasteiger partial charge in [-0.25, -0.2) is 4.98 Å². The van der Waals surface area contributed by atoms with Gasteiger partial charge < -0.3 is 15.6 Å². The number of rotatable bonds is 7. The van der Waals surface area contributed by atoms with E-state index in [2.05, 4.69) is 45.4 Å². The smallest absolute Gasteiger partial charge is 0.275 e. The molecule has 0 saturated carbocycles. The minimum absolute atomic E-state index is 0.00710. The van der Waals surface area contributed by atoms with E-state index in [1.165, 1.54) is 0 Å². The van der Waals surface area contributed by atoms with Crippen LogP contribution < -0.4 is 10.6 Å². The van der Waals surface area contributed by atoms with Crippen LogP contribution in [-0.2, 0) is 10.3 Å². The van der Waals surface area contributed by atoms with Crippen molar-refractivity contribution in [1.82, 2.24) is 15.3 Å². The summed E-state index contributed by atoms with van der Waals surface area (Å²) < 4.78 is 0. The number of hydrogen-bond acceptors (Lipinski definition) is 5. The molecular weight excluding hydrogens is 502 g/mol. The Morgan fingerprint density at radius 2 is 1.62 bits per heavy atom. The van der Waals surface area contributed by atoms with Crippen molar-refractivity contribution < 1.29 is 9.72 Å². The summed E-state index contributed by atoms with van der Waals surface area (Å²) in [5.41, 5.74) is 2.38. The van der Waals surface area contributed by atoms with Crippen molar-refractivity contribution in [3.05, 3.63) is 142 Å². The third kappa shape index (κ3) is 3.13. The molecule has 2 bridgehead atoms. The van der Waals surface area contributed by atoms with Crippen LogP contribution in [0.5, 0.6) is 0 Å². The molecule has 0 aliphatic heterocycles. The van der Waals surface area contributed by atoms with Crippen molar-refractivity contribution in [3.8, 4) is 11.3 Å². The molecule has 0 fully saturated rings. The number of nitrogens with one attached hydrogen (secondary N) is 3. The molecule has 40 heavy (non-hydrogen) atoms. The third-order valence-electron chi connectivity index (χ3n) is 8.55. The van der Waals surface area contributed by atoms with Crippen LogP contribution in [0.15, 0.2) is 109 Å². The molecule has 8 rings (SSSR count). The van der Waals surface area contributed by atoms with Gasteiger partial charge in [0.2, 0.25) is 12.4 Å². The van der Waals surface area contributed by atoms with E-state index in [0.717, 1.165) is 33.2 Å². The molecular formula is C32H25N5O3. The Hall–Kier alpha value is -5.24. The normalized spacial score (nSPS) is 22.2. The zero-order valence-electron chi connectivity index (χ0n) is 21.4. The number of imidazole rings is 1. The van der Waals surface area contributed by atoms with E-state index in [0.29, 0.717) is 29.2 Å². The topological polar surface area (TPSA) is 113 Å². The molecule has 1 amide bonds. The highest BCUT2D eigenvalue weighted by Crippen LogP contribution is 2.61. The minimum atomic E-state index is -1.56. The van der Waals surface area contributed by atoms with Crippen LogP contribution in [0.4, 0.5) is 5.95 Å². The molecule has 1 aromatic heterocycles. The van der Waals surface area contributed by atoms with Crippen molar-refractivity contribution >= 4 is 23.1 Å². The fourth-order valence-corrected chi connectivity index (χ4v) is 6.90. The second kappa shape index (κ2) is 8.64. The molecule has 3 aliphatic carbocycles. The van der Waals surface area contributed by atoms with Crippen LogP contribution >= 0.6 is 0 Å². The Labute approximate surface area is 229 Å². The second-order valence-electron chi connectivity index (χ2n) is 10.4. The third-order valence-corrected chi connectivity index (χ3v) is 8.55. The lowest BCUT2D eigenvalue weighted by Crippen LogP contribution is -2.65. The number of aromatic nitrogens is 2. The highest BCUT2D eigenvalue weighted by Gasteiger charge is 2.67. The monoisotopic (exact) mass is 527 g/mol. The Morgan fingerprint density at radius 3 is 2.33 bits per heavy atom. The van der Waals surface area contributed by atoms with Crippen LogP contribution in [0, 0.1) is 10.1 Å². The molecule has 4 aromatic carbocycles. The van der Waals surface area contributed by atoms with Crippen molar-refractivity contribution in [1.29, 1.82) is 0 Å². The van der Waals surface area contributed by atoms with Gasteiger partial charge in [0, 0.05) is 33.2 Å². The van der Waals surface area contributed by atoms with Crippen LogP contribution in [0.2, 0.25) is 0 Å². The number of anilines is 1. The first-order chi connectivity index (χ1) is 19.5. The number of carbonyl (C=O) groups excluding carboxylic acids is 1. The van der Waals surface area contributed by atoms with Gasteiger partial charge in [-0.3, -0.25) is 14.9 Å². The Morgan fingerprint density at radius 1 is 0.975 bits per heavy atom. The summed E-state index contributed by atoms with van der Waals surface area (Å²) in [6.07, 6.45) is 2.36. The van der Waals surface area contributed by atoms with Gasteiger partial charge >= 0.3 is 0 Å². The largest absolute Gasteiger partial charge is 0.346 e. The standard InChI is InChI=1S/C32H25N5O3/c1-20(35-30-33-17-28(36-30)23-14-8-10-21-9-2-3-11-22(21)23)31(34-19-38)18-32(37(39)40)26-15-6-4-12-24(26)29(31)25-13-5-7-16-27(25)32/h2-17,19,29H,1,18H2,(H,34,38)(H2,33,35,36). The summed E-state index contributed by atoms with van der Waals surface area (Å²) in [6.45, 7) is 4.34. The highest BCUT2D eigenvalue weighted by atomic mass is 16.6. The van der Waals surface area contributed by atoms with Crippen molar-refractivity contribution in [2.75, 3.05) is 5.32 Å². The van der Waals surface area contributed by atoms with E-state index in [1.807, 2.05) is 72.8 Å². The summed E-state index contributed by atoms with van der Waals surface area (Å²) in [5.74, 6) is 0.0394. The lowest BCUT2D eigenvalue weighted by atomic mass is 9.51. The lowest BCUT2D eigenvalue weighted by Gasteiger charge is -2.54. The average Bonchev–Trinajstić information content (AvgIpc) is 3.45. The molecule has 0 saturated heterocycles. The number of aromatic amines is 1. The Bertz CT molecular complexity index is 1790. The van der Waals surface area contributed by atoms with E-state index in [-0.39, 0.29) is 17.3 Å². The molecule has 1 unspecified atom stereocenters. The lowest BCUT2D eigenvalue weighted by molar-refractivity contribution is -0.572. The predicted molar refractivity (Wildman–Crippen MR) is 153 cm³/mol. The molecule has 1 heterocycles. The van der Waals surface area contributed by atoms with E-state index in [4.69, 9.17) is 0 Å². The summed E-state index contributed by atoms with van der Waals surface area (Å²) in [4.78, 5) is 32.8. The quantitative estimate of drug-likeness (QED) is 0.143. The van der Waals surface area contributed by atoms with Crippen molar-refractivity contribution in [3.63, 3.8) is 0 Å². The highest BCUT2D eigenvalue weighted by molar-refractivity contribution is 5.95. The van der Waals surface area contributed by atoms with Gasteiger partial charge in [-0.15, -0.1) is 0 Å². The molecule has 3 N–H and O–H groups in total. The van der Waals surface area contributed by atoms with Gasteiger partial charge in [0.05, 0.1) is 23.9 Å². The summed E-state index contributed by atoms with van der Waals surface area (Å²) in [7, 11) is 0. The number of nitro groups is 1. The van der Waals surface area contributed by atoms with E-state index in [1.54, 1.807) is 6.20 Å². The molecule has 0 radical (unpaired) electrons. The number of fused-ring (bicyclic) bond motifs is 2. The van der Waals surface area contributed by atoms with Crippen LogP contribution in [-0.4, -0.2) is 26.8 Å². The van der Waals surface area contributed by atoms with Crippen LogP contribution in [0.3, 0.4) is 0 Å². The molecule has 0 spiro atoms. The summed E-state index contributed by atoms with van der Waals surface area (Å²) in [6, 6.07) is 29.1. The minimum Gasteiger partial charge on any atom is -0.346 e. The van der Waals surface area contributed by atoms with Gasteiger partial charge in [0.25, 0.3) is 5.54 Å². The maximum Gasteiger partial charge on any atom is 0.275 e. The molecule has 1 atom stereocenters. The Kier molecular flexibility index (Phi) is 5.15. The van der Waals surface area contributed by atoms with E-state index in [9.17, 15) is 14.9 Å². The number of benzene rings is 4. The number of amides is 1. The summed E-state index contributed by atoms with van der Waals surface area (Å²) >= 11 is 0. The van der Waals surface area contributed by atoms with Crippen LogP contribution in [0.25, 0.3) is 22.0 Å². The van der Waals surface area contributed by atoms with Crippen molar-refractivity contribution in [2.24, 2.45) is 0 Å². The molecule has 8 heteroatoms. The zero-order valence-corrected chi connectivity index (χ0v) is 21.4. The van der Waals surface area contributed by atoms with Crippen LogP contribution in [0.1, 0.15) is 34.6 Å². The molecule has 8 nitrogen and oxygen atoms in total. The number of H-pyrrole nitrogens is 1. The maximum absolute atomic E-state index is 13.0. The first-order valence-corrected chi connectivity index (χ1v) is 13.0. The average molecular weight is 528 g/mol. The molecule has 5 aromatic rings. The zero-order chi connectivity index (χ0) is 27.5. The maximum atomic E-state index is 13.0. The number of hydrogen-bond donors (Lipinski definition) is 3. The number of carbonyl (C=O) groups is 1. The first-order valence-electron chi connectivity index (χ1n) is 13.0.